The van der Waals surface area contributed by atoms with Gasteiger partial charge in [-0.1, -0.05) is 51.1 Å². The van der Waals surface area contributed by atoms with Crippen LogP contribution in [-0.4, -0.2) is 65.1 Å². The molecule has 6 nitrogen and oxygen atoms in total. The van der Waals surface area contributed by atoms with Crippen molar-refractivity contribution in [2.24, 2.45) is 5.92 Å². The van der Waals surface area contributed by atoms with Gasteiger partial charge in [-0.05, 0) is 29.6 Å². The number of thioether (sulfide) groups is 1. The quantitative estimate of drug-likeness (QED) is 0.378. The molecule has 0 saturated heterocycles. The largest absolute Gasteiger partial charge is 0.357 e. The number of hydrogen-bond acceptors (Lipinski definition) is 5. The average Bonchev–Trinajstić information content (AvgIpc) is 2.71. The number of amides is 3. The highest BCUT2D eigenvalue weighted by Gasteiger charge is 2.29. The maximum Gasteiger partial charge on any atom is 0.242 e. The van der Waals surface area contributed by atoms with Gasteiger partial charge in [0, 0.05) is 39.2 Å². The van der Waals surface area contributed by atoms with E-state index < -0.39 is 6.04 Å². The van der Waals surface area contributed by atoms with Crippen molar-refractivity contribution in [2.75, 3.05) is 20.6 Å². The van der Waals surface area contributed by atoms with Crippen LogP contribution in [0.5, 0.6) is 0 Å². The topological polar surface area (TPSA) is 78.5 Å². The van der Waals surface area contributed by atoms with Gasteiger partial charge < -0.3 is 15.5 Å². The van der Waals surface area contributed by atoms with Gasteiger partial charge in [0.15, 0.2) is 0 Å². The minimum absolute atomic E-state index is 0.00480. The van der Waals surface area contributed by atoms with Gasteiger partial charge in [0.2, 0.25) is 17.7 Å². The van der Waals surface area contributed by atoms with Gasteiger partial charge in [0.25, 0.3) is 0 Å². The summed E-state index contributed by atoms with van der Waals surface area (Å²) in [5.74, 6) is -0.0527. The smallest absolute Gasteiger partial charge is 0.242 e. The summed E-state index contributed by atoms with van der Waals surface area (Å²) in [7, 11) is 3.35. The molecule has 1 rings (SSSR count). The molecule has 0 aliphatic heterocycles. The second kappa shape index (κ2) is 14.5. The molecule has 32 heavy (non-hydrogen) atoms. The van der Waals surface area contributed by atoms with E-state index in [0.717, 1.165) is 12.0 Å². The fourth-order valence-corrected chi connectivity index (χ4v) is 5.63. The normalized spacial score (nSPS) is 14.9. The summed E-state index contributed by atoms with van der Waals surface area (Å²) in [5.41, 5.74) is 0.985. The van der Waals surface area contributed by atoms with Crippen LogP contribution in [0.2, 0.25) is 0 Å². The summed E-state index contributed by atoms with van der Waals surface area (Å²) in [6, 6.07) is 9.02. The first-order chi connectivity index (χ1) is 15.0. The van der Waals surface area contributed by atoms with E-state index in [1.165, 1.54) is 0 Å². The first-order valence-electron chi connectivity index (χ1n) is 11.1. The Kier molecular flexibility index (Phi) is 12.8. The zero-order valence-electron chi connectivity index (χ0n) is 20.1. The summed E-state index contributed by atoms with van der Waals surface area (Å²) in [6.07, 6.45) is 1.88. The van der Waals surface area contributed by atoms with Gasteiger partial charge in [-0.15, -0.1) is 11.8 Å². The monoisotopic (exact) mass is 481 g/mol. The molecule has 1 unspecified atom stereocenters. The Morgan fingerprint density at radius 2 is 1.69 bits per heavy atom. The summed E-state index contributed by atoms with van der Waals surface area (Å²) in [5, 5.41) is 5.54. The van der Waals surface area contributed by atoms with Crippen molar-refractivity contribution in [3.63, 3.8) is 0 Å². The number of carbonyl (C=O) groups is 3. The molecule has 0 heterocycles. The lowest BCUT2D eigenvalue weighted by atomic mass is 10.0. The van der Waals surface area contributed by atoms with E-state index in [9.17, 15) is 14.4 Å². The first kappa shape index (κ1) is 28.4. The number of likely N-dealkylation sites (N-methyl/N-ethyl adjacent to an activating group) is 1. The van der Waals surface area contributed by atoms with Gasteiger partial charge in [0.1, 0.15) is 6.04 Å². The Hall–Kier alpha value is -1.67. The minimum Gasteiger partial charge on any atom is -0.357 e. The first-order valence-corrected chi connectivity index (χ1v) is 12.6. The van der Waals surface area contributed by atoms with Crippen LogP contribution in [0.1, 0.15) is 46.1 Å². The highest BCUT2D eigenvalue weighted by molar-refractivity contribution is 8.01. The third-order valence-corrected chi connectivity index (χ3v) is 6.79. The number of benzene rings is 1. The van der Waals surface area contributed by atoms with Crippen LogP contribution < -0.4 is 10.6 Å². The van der Waals surface area contributed by atoms with Crippen LogP contribution >= 0.6 is 24.4 Å². The molecule has 0 radical (unpaired) electrons. The molecule has 1 aromatic carbocycles. The minimum atomic E-state index is -0.646. The molecule has 0 aliphatic rings. The number of nitrogens with zero attached hydrogens (tertiary/aromatic N) is 1. The number of hydrogen-bond donors (Lipinski definition) is 3. The number of nitrogens with one attached hydrogen (secondary N) is 2. The van der Waals surface area contributed by atoms with Crippen molar-refractivity contribution in [1.82, 2.24) is 15.5 Å². The third-order valence-electron chi connectivity index (χ3n) is 5.12. The van der Waals surface area contributed by atoms with Gasteiger partial charge in [-0.2, -0.15) is 12.6 Å². The fraction of sp³-hybridized carbons (Fsp3) is 0.625. The maximum atomic E-state index is 13.3. The van der Waals surface area contributed by atoms with E-state index >= 15 is 0 Å². The fourth-order valence-electron chi connectivity index (χ4n) is 3.37. The molecule has 1 aromatic rings. The predicted octanol–water partition coefficient (Wildman–Crippen LogP) is 3.16. The summed E-state index contributed by atoms with van der Waals surface area (Å²) >= 11 is 6.12. The van der Waals surface area contributed by atoms with Crippen LogP contribution in [-0.2, 0) is 20.8 Å². The lowest BCUT2D eigenvalue weighted by molar-refractivity contribution is -0.128. The van der Waals surface area contributed by atoms with E-state index in [2.05, 4.69) is 37.1 Å². The van der Waals surface area contributed by atoms with Crippen LogP contribution in [0.4, 0.5) is 0 Å². The molecule has 0 aliphatic carbocycles. The van der Waals surface area contributed by atoms with Crippen LogP contribution in [0.3, 0.4) is 0 Å². The summed E-state index contributed by atoms with van der Waals surface area (Å²) in [4.78, 5) is 39.3. The van der Waals surface area contributed by atoms with E-state index in [1.54, 1.807) is 37.7 Å². The number of carbonyl (C=O) groups excluding carboxylic acids is 3. The second-order valence-corrected chi connectivity index (χ2v) is 11.1. The Bertz CT molecular complexity index is 728. The highest BCUT2D eigenvalue weighted by atomic mass is 32.2. The lowest BCUT2D eigenvalue weighted by Gasteiger charge is -2.29. The molecule has 4 atom stereocenters. The standard InChI is InChI=1S/C24H39N3O3S2/c1-16(2)12-22(32-20(13-17(3)31)15-27(6)18(4)28)24(30)26-21(23(29)25-5)14-19-10-8-7-9-11-19/h7-11,16-17,20-22,31H,12-15H2,1-6H3,(H,25,29)(H,26,30)/t17?,20-,21-,22+/m0/s1. The molecule has 0 bridgehead atoms. The van der Waals surface area contributed by atoms with Crippen molar-refractivity contribution in [2.45, 2.75) is 68.7 Å². The number of rotatable bonds is 13. The van der Waals surface area contributed by atoms with Crippen molar-refractivity contribution in [3.05, 3.63) is 35.9 Å². The molecule has 0 saturated carbocycles. The predicted molar refractivity (Wildman–Crippen MR) is 137 cm³/mol. The molecule has 2 N–H and O–H groups in total. The van der Waals surface area contributed by atoms with Crippen molar-refractivity contribution >= 4 is 42.1 Å². The van der Waals surface area contributed by atoms with Gasteiger partial charge in [-0.3, -0.25) is 14.4 Å². The molecule has 0 fully saturated rings. The molecular weight excluding hydrogens is 442 g/mol. The number of thiol groups is 1. The van der Waals surface area contributed by atoms with E-state index in [0.29, 0.717) is 25.3 Å². The van der Waals surface area contributed by atoms with Gasteiger partial charge >= 0.3 is 0 Å². The highest BCUT2D eigenvalue weighted by Crippen LogP contribution is 2.29. The van der Waals surface area contributed by atoms with Crippen molar-refractivity contribution in [3.8, 4) is 0 Å². The zero-order valence-corrected chi connectivity index (χ0v) is 21.8. The molecular formula is C24H39N3O3S2. The Balaban J connectivity index is 3.01. The second-order valence-electron chi connectivity index (χ2n) is 8.73. The van der Waals surface area contributed by atoms with Crippen LogP contribution in [0, 0.1) is 5.92 Å². The van der Waals surface area contributed by atoms with Gasteiger partial charge in [0.05, 0.1) is 5.25 Å². The van der Waals surface area contributed by atoms with Gasteiger partial charge in [-0.25, -0.2) is 0 Å². The zero-order chi connectivity index (χ0) is 24.3. The van der Waals surface area contributed by atoms with E-state index in [-0.39, 0.29) is 33.5 Å². The average molecular weight is 482 g/mol. The van der Waals surface area contributed by atoms with E-state index in [1.807, 2.05) is 37.3 Å². The van der Waals surface area contributed by atoms with Crippen molar-refractivity contribution in [1.29, 1.82) is 0 Å². The lowest BCUT2D eigenvalue weighted by Crippen LogP contribution is -2.50. The Morgan fingerprint density at radius 1 is 1.06 bits per heavy atom. The van der Waals surface area contributed by atoms with Crippen LogP contribution in [0.15, 0.2) is 30.3 Å². The Morgan fingerprint density at radius 3 is 2.19 bits per heavy atom. The Labute approximate surface area is 203 Å². The SMILES string of the molecule is CNC(=O)[C@H](Cc1ccccc1)NC(=O)[C@@H](CC(C)C)S[C@@H](CC(C)S)CN(C)C(C)=O. The molecule has 8 heteroatoms. The third kappa shape index (κ3) is 10.8. The molecule has 3 amide bonds. The van der Waals surface area contributed by atoms with Crippen molar-refractivity contribution < 1.29 is 14.4 Å². The molecule has 0 spiro atoms. The van der Waals surface area contributed by atoms with E-state index in [4.69, 9.17) is 0 Å². The molecule has 180 valence electrons. The maximum absolute atomic E-state index is 13.3. The summed E-state index contributed by atoms with van der Waals surface area (Å²) in [6.45, 7) is 8.28. The van der Waals surface area contributed by atoms with Crippen LogP contribution in [0.25, 0.3) is 0 Å². The summed E-state index contributed by atoms with van der Waals surface area (Å²) < 4.78 is 0. The molecule has 0 aromatic heterocycles.